The van der Waals surface area contributed by atoms with Crippen LogP contribution in [-0.2, 0) is 16.4 Å². The summed E-state index contributed by atoms with van der Waals surface area (Å²) in [5.41, 5.74) is 0.883. The average molecular weight is 358 g/mol. The third-order valence-electron chi connectivity index (χ3n) is 3.33. The first-order valence-electron chi connectivity index (χ1n) is 6.79. The first-order valence-corrected chi connectivity index (χ1v) is 8.65. The first-order chi connectivity index (χ1) is 11.0. The molecule has 0 aromatic heterocycles. The molecule has 5 nitrogen and oxygen atoms in total. The van der Waals surface area contributed by atoms with Crippen LogP contribution < -0.4 is 14.2 Å². The van der Waals surface area contributed by atoms with Gasteiger partial charge in [0.1, 0.15) is 10.7 Å². The van der Waals surface area contributed by atoms with Crippen LogP contribution in [-0.4, -0.2) is 21.8 Å². The molecule has 2 aromatic rings. The number of rotatable bonds is 5. The Morgan fingerprint density at radius 1 is 1.13 bits per heavy atom. The molecular formula is C15H13ClFNO4S. The highest BCUT2D eigenvalue weighted by Crippen LogP contribution is 2.32. The van der Waals surface area contributed by atoms with Gasteiger partial charge < -0.3 is 9.47 Å². The Balaban J connectivity index is 1.65. The van der Waals surface area contributed by atoms with Gasteiger partial charge in [-0.3, -0.25) is 0 Å². The number of hydrogen-bond donors (Lipinski definition) is 1. The van der Waals surface area contributed by atoms with E-state index in [1.54, 1.807) is 12.1 Å². The molecule has 0 bridgehead atoms. The largest absolute Gasteiger partial charge is 0.454 e. The van der Waals surface area contributed by atoms with Crippen LogP contribution in [0.15, 0.2) is 41.3 Å². The number of benzene rings is 2. The number of fused-ring (bicyclic) bond motifs is 1. The number of sulfonamides is 1. The Labute approximate surface area is 138 Å². The fraction of sp³-hybridized carbons (Fsp3) is 0.200. The second-order valence-corrected chi connectivity index (χ2v) is 7.08. The van der Waals surface area contributed by atoms with Gasteiger partial charge in [0.15, 0.2) is 11.5 Å². The van der Waals surface area contributed by atoms with Crippen LogP contribution in [0, 0.1) is 5.82 Å². The summed E-state index contributed by atoms with van der Waals surface area (Å²) in [5, 5.41) is 0.141. The van der Waals surface area contributed by atoms with Gasteiger partial charge in [0.05, 0.1) is 0 Å². The van der Waals surface area contributed by atoms with E-state index in [-0.39, 0.29) is 18.4 Å². The third-order valence-corrected chi connectivity index (χ3v) is 5.06. The van der Waals surface area contributed by atoms with Crippen LogP contribution in [0.1, 0.15) is 5.56 Å². The molecule has 0 fully saturated rings. The maximum atomic E-state index is 13.7. The van der Waals surface area contributed by atoms with Crippen molar-refractivity contribution in [2.24, 2.45) is 0 Å². The lowest BCUT2D eigenvalue weighted by atomic mass is 10.1. The van der Waals surface area contributed by atoms with Crippen molar-refractivity contribution in [3.05, 3.63) is 52.8 Å². The third kappa shape index (κ3) is 3.57. The van der Waals surface area contributed by atoms with E-state index in [0.717, 1.165) is 17.7 Å². The van der Waals surface area contributed by atoms with Crippen LogP contribution in [0.2, 0.25) is 5.02 Å². The van der Waals surface area contributed by atoms with E-state index in [0.29, 0.717) is 17.9 Å². The van der Waals surface area contributed by atoms with Gasteiger partial charge in [0.2, 0.25) is 16.8 Å². The van der Waals surface area contributed by atoms with E-state index in [2.05, 4.69) is 4.72 Å². The molecule has 0 radical (unpaired) electrons. The minimum Gasteiger partial charge on any atom is -0.454 e. The van der Waals surface area contributed by atoms with Gasteiger partial charge in [-0.15, -0.1) is 0 Å². The predicted molar refractivity (Wildman–Crippen MR) is 82.9 cm³/mol. The standard InChI is InChI=1S/C15H13ClFNO4S/c16-11-2-4-15(12(17)8-11)23(19,20)18-6-5-10-1-3-13-14(7-10)22-9-21-13/h1-4,7-8,18H,5-6,9H2. The maximum Gasteiger partial charge on any atom is 0.243 e. The lowest BCUT2D eigenvalue weighted by Gasteiger charge is -2.08. The zero-order valence-electron chi connectivity index (χ0n) is 11.9. The monoisotopic (exact) mass is 357 g/mol. The van der Waals surface area contributed by atoms with E-state index in [1.165, 1.54) is 6.07 Å². The van der Waals surface area contributed by atoms with Gasteiger partial charge in [-0.05, 0) is 42.3 Å². The molecule has 0 aliphatic carbocycles. The highest BCUT2D eigenvalue weighted by molar-refractivity contribution is 7.89. The molecule has 1 aliphatic rings. The molecule has 1 N–H and O–H groups in total. The molecular weight excluding hydrogens is 345 g/mol. The summed E-state index contributed by atoms with van der Waals surface area (Å²) in [6, 6.07) is 8.82. The molecule has 23 heavy (non-hydrogen) atoms. The Kier molecular flexibility index (Phi) is 4.43. The van der Waals surface area contributed by atoms with Crippen LogP contribution in [0.5, 0.6) is 11.5 Å². The van der Waals surface area contributed by atoms with Gasteiger partial charge in [-0.1, -0.05) is 17.7 Å². The number of ether oxygens (including phenoxy) is 2. The van der Waals surface area contributed by atoms with Crippen molar-refractivity contribution in [3.63, 3.8) is 0 Å². The van der Waals surface area contributed by atoms with E-state index < -0.39 is 20.7 Å². The zero-order valence-corrected chi connectivity index (χ0v) is 13.5. The number of nitrogens with one attached hydrogen (secondary N) is 1. The second-order valence-electron chi connectivity index (χ2n) is 4.91. The van der Waals surface area contributed by atoms with E-state index >= 15 is 0 Å². The number of halogens is 2. The highest BCUT2D eigenvalue weighted by atomic mass is 35.5. The summed E-state index contributed by atoms with van der Waals surface area (Å²) in [6.45, 7) is 0.311. The van der Waals surface area contributed by atoms with Gasteiger partial charge in [0, 0.05) is 11.6 Å². The Bertz CT molecular complexity index is 841. The smallest absolute Gasteiger partial charge is 0.243 e. The van der Waals surface area contributed by atoms with Crippen molar-refractivity contribution in [1.82, 2.24) is 4.72 Å². The quantitative estimate of drug-likeness (QED) is 0.893. The molecule has 0 unspecified atom stereocenters. The molecule has 122 valence electrons. The molecule has 3 rings (SSSR count). The Morgan fingerprint density at radius 3 is 2.70 bits per heavy atom. The molecule has 2 aromatic carbocycles. The molecule has 8 heteroatoms. The molecule has 0 saturated heterocycles. The summed E-state index contributed by atoms with van der Waals surface area (Å²) < 4.78 is 50.8. The second kappa shape index (κ2) is 6.35. The van der Waals surface area contributed by atoms with Crippen molar-refractivity contribution in [2.75, 3.05) is 13.3 Å². The van der Waals surface area contributed by atoms with Gasteiger partial charge in [-0.2, -0.15) is 0 Å². The zero-order chi connectivity index (χ0) is 16.4. The summed E-state index contributed by atoms with van der Waals surface area (Å²) in [6.07, 6.45) is 0.436. The molecule has 1 heterocycles. The van der Waals surface area contributed by atoms with Gasteiger partial charge >= 0.3 is 0 Å². The minimum absolute atomic E-state index is 0.129. The van der Waals surface area contributed by atoms with E-state index in [1.807, 2.05) is 6.07 Å². The Morgan fingerprint density at radius 2 is 1.91 bits per heavy atom. The fourth-order valence-electron chi connectivity index (χ4n) is 2.20. The normalized spacial score (nSPS) is 13.3. The van der Waals surface area contributed by atoms with Crippen LogP contribution in [0.3, 0.4) is 0 Å². The first kappa shape index (κ1) is 16.0. The van der Waals surface area contributed by atoms with Crippen molar-refractivity contribution in [1.29, 1.82) is 0 Å². The predicted octanol–water partition coefficient (Wildman–Crippen LogP) is 2.73. The summed E-state index contributed by atoms with van der Waals surface area (Å²) in [7, 11) is -3.93. The molecule has 1 aliphatic heterocycles. The topological polar surface area (TPSA) is 64.6 Å². The van der Waals surface area contributed by atoms with E-state index in [4.69, 9.17) is 21.1 Å². The summed E-state index contributed by atoms with van der Waals surface area (Å²) in [5.74, 6) is 0.416. The minimum atomic E-state index is -3.93. The van der Waals surface area contributed by atoms with Crippen molar-refractivity contribution >= 4 is 21.6 Å². The van der Waals surface area contributed by atoms with Crippen LogP contribution in [0.25, 0.3) is 0 Å². The number of hydrogen-bond acceptors (Lipinski definition) is 4. The van der Waals surface area contributed by atoms with Gasteiger partial charge in [-0.25, -0.2) is 17.5 Å². The SMILES string of the molecule is O=S(=O)(NCCc1ccc2c(c1)OCO2)c1ccc(Cl)cc1F. The lowest BCUT2D eigenvalue weighted by molar-refractivity contribution is 0.174. The molecule has 0 amide bonds. The average Bonchev–Trinajstić information content (AvgIpc) is 2.94. The summed E-state index contributed by atoms with van der Waals surface area (Å²) >= 11 is 5.62. The lowest BCUT2D eigenvalue weighted by Crippen LogP contribution is -2.26. The highest BCUT2D eigenvalue weighted by Gasteiger charge is 2.19. The van der Waals surface area contributed by atoms with Crippen molar-refractivity contribution < 1.29 is 22.3 Å². The van der Waals surface area contributed by atoms with Crippen LogP contribution in [0.4, 0.5) is 4.39 Å². The molecule has 0 saturated carbocycles. The summed E-state index contributed by atoms with van der Waals surface area (Å²) in [4.78, 5) is -0.424. The van der Waals surface area contributed by atoms with Crippen molar-refractivity contribution in [3.8, 4) is 11.5 Å². The fourth-order valence-corrected chi connectivity index (χ4v) is 3.45. The Hall–Kier alpha value is -1.83. The van der Waals surface area contributed by atoms with Gasteiger partial charge in [0.25, 0.3) is 0 Å². The molecule has 0 atom stereocenters. The van der Waals surface area contributed by atoms with Crippen LogP contribution >= 0.6 is 11.6 Å². The molecule has 0 spiro atoms. The van der Waals surface area contributed by atoms with E-state index in [9.17, 15) is 12.8 Å². The maximum absolute atomic E-state index is 13.7. The van der Waals surface area contributed by atoms with Crippen molar-refractivity contribution in [2.45, 2.75) is 11.3 Å².